The van der Waals surface area contributed by atoms with Gasteiger partial charge in [-0.25, -0.2) is 22.5 Å². The molecule has 0 aliphatic carbocycles. The quantitative estimate of drug-likeness (QED) is 0.728. The van der Waals surface area contributed by atoms with Gasteiger partial charge in [0.15, 0.2) is 0 Å². The molecule has 2 aromatic rings. The smallest absolute Gasteiger partial charge is 0.242 e. The minimum absolute atomic E-state index is 0.00158. The molecule has 1 saturated heterocycles. The molecule has 1 aromatic heterocycles. The largest absolute Gasteiger partial charge is 0.295 e. The summed E-state index contributed by atoms with van der Waals surface area (Å²) in [7, 11) is -3.80. The van der Waals surface area contributed by atoms with Gasteiger partial charge in [-0.15, -0.1) is 0 Å². The zero-order valence-corrected chi connectivity index (χ0v) is 16.2. The number of halogens is 3. The lowest BCUT2D eigenvalue weighted by Gasteiger charge is -2.29. The molecule has 1 atom stereocenters. The molecule has 9 heteroatoms. The van der Waals surface area contributed by atoms with Gasteiger partial charge in [0.25, 0.3) is 0 Å². The van der Waals surface area contributed by atoms with Gasteiger partial charge in [-0.05, 0) is 50.2 Å². The molecular weight excluding hydrogens is 400 g/mol. The maximum atomic E-state index is 14.4. The van der Waals surface area contributed by atoms with Crippen LogP contribution in [0, 0.1) is 5.82 Å². The van der Waals surface area contributed by atoms with Gasteiger partial charge in [0.05, 0.1) is 6.04 Å². The van der Waals surface area contributed by atoms with E-state index in [1.165, 1.54) is 30.5 Å². The second-order valence-electron chi connectivity index (χ2n) is 6.06. The fraction of sp³-hybridized carbons (Fsp3) is 0.353. The van der Waals surface area contributed by atoms with E-state index in [9.17, 15) is 12.8 Å². The first-order valence-electron chi connectivity index (χ1n) is 8.17. The van der Waals surface area contributed by atoms with Crippen molar-refractivity contribution < 1.29 is 12.8 Å². The third-order valence-corrected chi connectivity index (χ3v) is 6.35. The number of nitrogens with zero attached hydrogens (tertiary/aromatic N) is 2. The number of hydrogen-bond donors (Lipinski definition) is 1. The molecule has 2 heterocycles. The number of nitrogens with one attached hydrogen (secondary N) is 1. The zero-order valence-electron chi connectivity index (χ0n) is 13.8. The Labute approximate surface area is 162 Å². The van der Waals surface area contributed by atoms with E-state index in [0.717, 1.165) is 25.9 Å². The third-order valence-electron chi connectivity index (χ3n) is 4.39. The summed E-state index contributed by atoms with van der Waals surface area (Å²) in [5, 5.41) is 0.492. The number of rotatable bonds is 6. The minimum Gasteiger partial charge on any atom is -0.295 e. The lowest BCUT2D eigenvalue weighted by molar-refractivity contribution is 0.241. The van der Waals surface area contributed by atoms with Crippen molar-refractivity contribution in [1.29, 1.82) is 0 Å². The van der Waals surface area contributed by atoms with E-state index in [1.54, 1.807) is 6.07 Å². The molecule has 1 fully saturated rings. The molecule has 1 aromatic carbocycles. The zero-order chi connectivity index (χ0) is 18.7. The molecule has 0 amide bonds. The number of aromatic nitrogens is 1. The highest BCUT2D eigenvalue weighted by Crippen LogP contribution is 2.32. The van der Waals surface area contributed by atoms with Gasteiger partial charge in [0.2, 0.25) is 10.0 Å². The van der Waals surface area contributed by atoms with Crippen LogP contribution >= 0.6 is 23.2 Å². The van der Waals surface area contributed by atoms with Gasteiger partial charge in [-0.1, -0.05) is 29.3 Å². The fourth-order valence-electron chi connectivity index (χ4n) is 3.09. The van der Waals surface area contributed by atoms with Gasteiger partial charge in [-0.2, -0.15) is 0 Å². The molecule has 1 aliphatic rings. The lowest BCUT2D eigenvalue weighted by Crippen LogP contribution is -2.37. The second-order valence-corrected chi connectivity index (χ2v) is 8.62. The molecule has 0 spiro atoms. The van der Waals surface area contributed by atoms with Crippen LogP contribution < -0.4 is 4.72 Å². The third kappa shape index (κ3) is 4.35. The highest BCUT2D eigenvalue weighted by Gasteiger charge is 2.29. The Balaban J connectivity index is 1.86. The van der Waals surface area contributed by atoms with Crippen LogP contribution in [0.1, 0.15) is 24.4 Å². The van der Waals surface area contributed by atoms with Crippen LogP contribution in [0.25, 0.3) is 0 Å². The van der Waals surface area contributed by atoms with Crippen LogP contribution in [0.4, 0.5) is 4.39 Å². The van der Waals surface area contributed by atoms with Crippen molar-refractivity contribution in [3.05, 3.63) is 58.1 Å². The molecule has 3 rings (SSSR count). The summed E-state index contributed by atoms with van der Waals surface area (Å²) < 4.78 is 42.0. The minimum atomic E-state index is -3.80. The van der Waals surface area contributed by atoms with E-state index in [2.05, 4.69) is 9.71 Å². The van der Waals surface area contributed by atoms with Gasteiger partial charge >= 0.3 is 0 Å². The van der Waals surface area contributed by atoms with Crippen LogP contribution in [0.2, 0.25) is 10.2 Å². The summed E-state index contributed by atoms with van der Waals surface area (Å²) in [5.74, 6) is -0.443. The normalized spacial score (nSPS) is 16.7. The summed E-state index contributed by atoms with van der Waals surface area (Å²) in [6, 6.07) is 6.77. The SMILES string of the molecule is O=S(=O)(NCC(c1c(F)cccc1Cl)N1CCCC1)c1ccc(Cl)nc1. The van der Waals surface area contributed by atoms with E-state index >= 15 is 0 Å². The molecule has 1 unspecified atom stereocenters. The van der Waals surface area contributed by atoms with Crippen molar-refractivity contribution in [3.8, 4) is 0 Å². The summed E-state index contributed by atoms with van der Waals surface area (Å²) in [6.45, 7) is 1.53. The Hall–Kier alpha value is -1.25. The highest BCUT2D eigenvalue weighted by molar-refractivity contribution is 7.89. The maximum absolute atomic E-state index is 14.4. The number of sulfonamides is 1. The van der Waals surface area contributed by atoms with Crippen LogP contribution in [-0.4, -0.2) is 37.9 Å². The molecular formula is C17H18Cl2FN3O2S. The van der Waals surface area contributed by atoms with Crippen molar-refractivity contribution in [3.63, 3.8) is 0 Å². The fourth-order valence-corrected chi connectivity index (χ4v) is 4.47. The molecule has 0 radical (unpaired) electrons. The topological polar surface area (TPSA) is 62.3 Å². The van der Waals surface area contributed by atoms with E-state index in [1.807, 2.05) is 4.90 Å². The molecule has 5 nitrogen and oxygen atoms in total. The summed E-state index contributed by atoms with van der Waals surface area (Å²) in [6.07, 6.45) is 3.15. The average Bonchev–Trinajstić information content (AvgIpc) is 3.12. The van der Waals surface area contributed by atoms with E-state index in [0.29, 0.717) is 5.56 Å². The Morgan fingerprint density at radius 2 is 1.92 bits per heavy atom. The van der Waals surface area contributed by atoms with Crippen molar-refractivity contribution in [2.45, 2.75) is 23.8 Å². The summed E-state index contributed by atoms with van der Waals surface area (Å²) in [5.41, 5.74) is 0.313. The van der Waals surface area contributed by atoms with Crippen LogP contribution in [-0.2, 0) is 10.0 Å². The van der Waals surface area contributed by atoms with Gasteiger partial charge < -0.3 is 0 Å². The molecule has 0 saturated carbocycles. The second kappa shape index (κ2) is 8.19. The molecule has 140 valence electrons. The summed E-state index contributed by atoms with van der Waals surface area (Å²) >= 11 is 11.9. The first-order chi connectivity index (χ1) is 12.4. The van der Waals surface area contributed by atoms with Gasteiger partial charge in [-0.3, -0.25) is 4.90 Å². The maximum Gasteiger partial charge on any atom is 0.242 e. The number of likely N-dealkylation sites (tertiary alicyclic amines) is 1. The highest BCUT2D eigenvalue weighted by atomic mass is 35.5. The van der Waals surface area contributed by atoms with E-state index < -0.39 is 21.9 Å². The summed E-state index contributed by atoms with van der Waals surface area (Å²) in [4.78, 5) is 5.84. The average molecular weight is 418 g/mol. The monoisotopic (exact) mass is 417 g/mol. The van der Waals surface area contributed by atoms with E-state index in [4.69, 9.17) is 23.2 Å². The van der Waals surface area contributed by atoms with Crippen molar-refractivity contribution in [2.75, 3.05) is 19.6 Å². The van der Waals surface area contributed by atoms with Crippen LogP contribution in [0.5, 0.6) is 0 Å². The Kier molecular flexibility index (Phi) is 6.14. The van der Waals surface area contributed by atoms with Crippen molar-refractivity contribution in [2.24, 2.45) is 0 Å². The van der Waals surface area contributed by atoms with Crippen molar-refractivity contribution >= 4 is 33.2 Å². The van der Waals surface area contributed by atoms with E-state index in [-0.39, 0.29) is 21.6 Å². The lowest BCUT2D eigenvalue weighted by atomic mass is 10.0. The predicted molar refractivity (Wildman–Crippen MR) is 99.4 cm³/mol. The van der Waals surface area contributed by atoms with Crippen LogP contribution in [0.15, 0.2) is 41.4 Å². The number of hydrogen-bond acceptors (Lipinski definition) is 4. The Morgan fingerprint density at radius 1 is 1.19 bits per heavy atom. The van der Waals surface area contributed by atoms with Gasteiger partial charge in [0.1, 0.15) is 15.9 Å². The Morgan fingerprint density at radius 3 is 2.54 bits per heavy atom. The standard InChI is InChI=1S/C17H18Cl2FN3O2S/c18-13-4-3-5-14(20)17(13)15(23-8-1-2-9-23)11-22-26(24,25)12-6-7-16(19)21-10-12/h3-7,10,15,22H,1-2,8-9,11H2. The van der Waals surface area contributed by atoms with Crippen LogP contribution in [0.3, 0.4) is 0 Å². The number of pyridine rings is 1. The van der Waals surface area contributed by atoms with Crippen molar-refractivity contribution in [1.82, 2.24) is 14.6 Å². The molecule has 1 aliphatic heterocycles. The first-order valence-corrected chi connectivity index (χ1v) is 10.4. The first kappa shape index (κ1) is 19.5. The number of benzene rings is 1. The predicted octanol–water partition coefficient (Wildman–Crippen LogP) is 3.64. The molecule has 0 bridgehead atoms. The Bertz CT molecular complexity index is 852. The molecule has 1 N–H and O–H groups in total. The van der Waals surface area contributed by atoms with Gasteiger partial charge in [0, 0.05) is 23.3 Å². The molecule has 26 heavy (non-hydrogen) atoms.